The first-order valence-corrected chi connectivity index (χ1v) is 6.81. The third-order valence-electron chi connectivity index (χ3n) is 3.74. The minimum absolute atomic E-state index is 0. The number of nitrogens with zero attached hydrogens (tertiary/aromatic N) is 1. The van der Waals surface area contributed by atoms with Crippen LogP contribution in [0, 0.1) is 5.41 Å². The minimum atomic E-state index is 0. The van der Waals surface area contributed by atoms with E-state index in [2.05, 4.69) is 5.32 Å². The van der Waals surface area contributed by atoms with Crippen molar-refractivity contribution in [2.45, 2.75) is 12.8 Å². The Balaban J connectivity index is 0.00000133. The van der Waals surface area contributed by atoms with Crippen LogP contribution in [0.3, 0.4) is 0 Å². The van der Waals surface area contributed by atoms with E-state index in [0.717, 1.165) is 18.8 Å². The fraction of sp³-hybridized carbons (Fsp3) is 0.462. The zero-order valence-corrected chi connectivity index (χ0v) is 12.6. The zero-order valence-electron chi connectivity index (χ0n) is 10.3. The van der Waals surface area contributed by atoms with Crippen molar-refractivity contribution in [2.75, 3.05) is 24.5 Å². The van der Waals surface area contributed by atoms with Gasteiger partial charge in [-0.2, -0.15) is 0 Å². The Morgan fingerprint density at radius 1 is 1.21 bits per heavy atom. The number of carbonyl (C=O) groups excluding carboxylic acids is 1. The van der Waals surface area contributed by atoms with Crippen molar-refractivity contribution in [1.29, 1.82) is 0 Å². The molecule has 1 saturated heterocycles. The number of halogens is 3. The number of amides is 1. The molecule has 0 atom stereocenters. The number of carbonyl (C=O) groups is 1. The van der Waals surface area contributed by atoms with Crippen LogP contribution in [0.1, 0.15) is 12.8 Å². The van der Waals surface area contributed by atoms with Crippen molar-refractivity contribution >= 4 is 47.2 Å². The van der Waals surface area contributed by atoms with Crippen LogP contribution in [0.15, 0.2) is 18.2 Å². The van der Waals surface area contributed by atoms with E-state index in [4.69, 9.17) is 23.2 Å². The minimum Gasteiger partial charge on any atom is -0.311 e. The SMILES string of the molecule is Cl.O=C1CNCC2(CC2)CN1c1ccc(Cl)c(Cl)c1. The Labute approximate surface area is 128 Å². The largest absolute Gasteiger partial charge is 0.311 e. The van der Waals surface area contributed by atoms with E-state index >= 15 is 0 Å². The molecule has 1 aliphatic heterocycles. The molecule has 0 aromatic heterocycles. The second kappa shape index (κ2) is 5.49. The summed E-state index contributed by atoms with van der Waals surface area (Å²) in [5.74, 6) is 0.0946. The van der Waals surface area contributed by atoms with Crippen LogP contribution < -0.4 is 10.2 Å². The summed E-state index contributed by atoms with van der Waals surface area (Å²) in [6, 6.07) is 5.36. The highest BCUT2D eigenvalue weighted by atomic mass is 35.5. The van der Waals surface area contributed by atoms with Gasteiger partial charge >= 0.3 is 0 Å². The van der Waals surface area contributed by atoms with Crippen LogP contribution >= 0.6 is 35.6 Å². The van der Waals surface area contributed by atoms with Gasteiger partial charge < -0.3 is 10.2 Å². The van der Waals surface area contributed by atoms with Crippen molar-refractivity contribution in [3.8, 4) is 0 Å². The van der Waals surface area contributed by atoms with E-state index in [-0.39, 0.29) is 23.7 Å². The van der Waals surface area contributed by atoms with Crippen molar-refractivity contribution in [3.63, 3.8) is 0 Å². The fourth-order valence-electron chi connectivity index (χ4n) is 2.41. The third kappa shape index (κ3) is 3.00. The highest BCUT2D eigenvalue weighted by Gasteiger charge is 2.46. The molecule has 19 heavy (non-hydrogen) atoms. The van der Waals surface area contributed by atoms with Gasteiger partial charge in [-0.05, 0) is 31.0 Å². The first-order chi connectivity index (χ1) is 8.60. The summed E-state index contributed by atoms with van der Waals surface area (Å²) >= 11 is 11.9. The van der Waals surface area contributed by atoms with Gasteiger partial charge in [0, 0.05) is 24.2 Å². The standard InChI is InChI=1S/C13H14Cl2N2O.ClH/c14-10-2-1-9(5-11(10)15)17-8-13(3-4-13)7-16-6-12(17)18;/h1-2,5,16H,3-4,6-8H2;1H. The summed E-state index contributed by atoms with van der Waals surface area (Å²) < 4.78 is 0. The summed E-state index contributed by atoms with van der Waals surface area (Å²) in [7, 11) is 0. The van der Waals surface area contributed by atoms with Gasteiger partial charge in [-0.15, -0.1) is 12.4 Å². The lowest BCUT2D eigenvalue weighted by molar-refractivity contribution is -0.117. The molecule has 0 radical (unpaired) electrons. The molecule has 1 heterocycles. The molecule has 1 aromatic carbocycles. The van der Waals surface area contributed by atoms with Crippen molar-refractivity contribution in [3.05, 3.63) is 28.2 Å². The maximum absolute atomic E-state index is 12.1. The maximum Gasteiger partial charge on any atom is 0.240 e. The van der Waals surface area contributed by atoms with Gasteiger partial charge in [0.15, 0.2) is 0 Å². The molecule has 2 aliphatic rings. The molecule has 1 saturated carbocycles. The Hall–Kier alpha value is -0.480. The van der Waals surface area contributed by atoms with Crippen LogP contribution in [0.25, 0.3) is 0 Å². The van der Waals surface area contributed by atoms with Crippen LogP contribution in [-0.4, -0.2) is 25.5 Å². The summed E-state index contributed by atoms with van der Waals surface area (Å²) in [6.45, 7) is 2.09. The van der Waals surface area contributed by atoms with Gasteiger partial charge in [0.2, 0.25) is 5.91 Å². The molecule has 1 aromatic rings. The molecule has 1 spiro atoms. The first-order valence-electron chi connectivity index (χ1n) is 6.06. The van der Waals surface area contributed by atoms with Crippen molar-refractivity contribution in [2.24, 2.45) is 5.41 Å². The molecule has 3 nitrogen and oxygen atoms in total. The molecule has 0 unspecified atom stereocenters. The van der Waals surface area contributed by atoms with Gasteiger partial charge in [0.25, 0.3) is 0 Å². The Morgan fingerprint density at radius 3 is 2.58 bits per heavy atom. The third-order valence-corrected chi connectivity index (χ3v) is 4.48. The zero-order chi connectivity index (χ0) is 12.8. The highest BCUT2D eigenvalue weighted by molar-refractivity contribution is 6.42. The quantitative estimate of drug-likeness (QED) is 0.862. The monoisotopic (exact) mass is 320 g/mol. The topological polar surface area (TPSA) is 32.3 Å². The second-order valence-corrected chi connectivity index (χ2v) is 6.00. The number of nitrogens with one attached hydrogen (secondary N) is 1. The molecule has 104 valence electrons. The first kappa shape index (κ1) is 14.9. The summed E-state index contributed by atoms with van der Waals surface area (Å²) in [5, 5.41) is 4.23. The lowest BCUT2D eigenvalue weighted by Gasteiger charge is -2.24. The van der Waals surface area contributed by atoms with E-state index in [0.29, 0.717) is 16.6 Å². The van der Waals surface area contributed by atoms with Crippen molar-refractivity contribution in [1.82, 2.24) is 5.32 Å². The number of hydrogen-bond acceptors (Lipinski definition) is 2. The highest BCUT2D eigenvalue weighted by Crippen LogP contribution is 2.47. The molecule has 6 heteroatoms. The molecule has 0 bridgehead atoms. The van der Waals surface area contributed by atoms with E-state index in [1.165, 1.54) is 12.8 Å². The van der Waals surface area contributed by atoms with Crippen LogP contribution in [0.2, 0.25) is 10.0 Å². The van der Waals surface area contributed by atoms with Gasteiger partial charge in [-0.3, -0.25) is 4.79 Å². The molecular formula is C13H15Cl3N2O. The van der Waals surface area contributed by atoms with Gasteiger partial charge in [-0.25, -0.2) is 0 Å². The molecule has 2 fully saturated rings. The Kier molecular flexibility index (Phi) is 4.31. The average molecular weight is 322 g/mol. The predicted molar refractivity (Wildman–Crippen MR) is 80.6 cm³/mol. The fourth-order valence-corrected chi connectivity index (χ4v) is 2.70. The van der Waals surface area contributed by atoms with E-state index in [1.807, 2.05) is 11.0 Å². The normalized spacial score (nSPS) is 20.9. The molecule has 1 N–H and O–H groups in total. The predicted octanol–water partition coefficient (Wildman–Crippen LogP) is 3.13. The van der Waals surface area contributed by atoms with E-state index < -0.39 is 0 Å². The molecule has 3 rings (SSSR count). The van der Waals surface area contributed by atoms with Crippen LogP contribution in [0.4, 0.5) is 5.69 Å². The Bertz CT molecular complexity index is 503. The molecule has 1 aliphatic carbocycles. The number of rotatable bonds is 1. The summed E-state index contributed by atoms with van der Waals surface area (Å²) in [4.78, 5) is 13.9. The van der Waals surface area contributed by atoms with Crippen LogP contribution in [-0.2, 0) is 4.79 Å². The number of benzene rings is 1. The Morgan fingerprint density at radius 2 is 1.95 bits per heavy atom. The lowest BCUT2D eigenvalue weighted by atomic mass is 10.1. The molecular weight excluding hydrogens is 307 g/mol. The number of hydrogen-bond donors (Lipinski definition) is 1. The summed E-state index contributed by atoms with van der Waals surface area (Å²) in [6.07, 6.45) is 2.37. The smallest absolute Gasteiger partial charge is 0.240 e. The van der Waals surface area contributed by atoms with E-state index in [1.54, 1.807) is 12.1 Å². The van der Waals surface area contributed by atoms with Crippen molar-refractivity contribution < 1.29 is 4.79 Å². The van der Waals surface area contributed by atoms with E-state index in [9.17, 15) is 4.79 Å². The average Bonchev–Trinajstić information content (AvgIpc) is 3.12. The van der Waals surface area contributed by atoms with Gasteiger partial charge in [0.05, 0.1) is 16.6 Å². The molecule has 1 amide bonds. The van der Waals surface area contributed by atoms with Gasteiger partial charge in [-0.1, -0.05) is 23.2 Å². The summed E-state index contributed by atoms with van der Waals surface area (Å²) in [5.41, 5.74) is 1.11. The van der Waals surface area contributed by atoms with Gasteiger partial charge in [0.1, 0.15) is 0 Å². The van der Waals surface area contributed by atoms with Crippen LogP contribution in [0.5, 0.6) is 0 Å². The lowest BCUT2D eigenvalue weighted by Crippen LogP contribution is -2.36. The maximum atomic E-state index is 12.1. The number of anilines is 1. The second-order valence-electron chi connectivity index (χ2n) is 5.18.